The number of benzene rings is 1. The molecule has 0 aromatic heterocycles. The molecule has 0 unspecified atom stereocenters. The van der Waals surface area contributed by atoms with Crippen molar-refractivity contribution in [1.82, 2.24) is 9.80 Å². The fraction of sp³-hybridized carbons (Fsp3) is 0.611. The fourth-order valence-corrected chi connectivity index (χ4v) is 4.30. The SMILES string of the molecule is COC[C@H]1CCC2(CCN(C(=O)c3cccc(Cl)c3)CC2)N1C. The lowest BCUT2D eigenvalue weighted by molar-refractivity contribution is 0.0273. The molecule has 2 aliphatic heterocycles. The number of likely N-dealkylation sites (tertiary alicyclic amines) is 2. The van der Waals surface area contributed by atoms with E-state index < -0.39 is 0 Å². The van der Waals surface area contributed by atoms with Gasteiger partial charge in [0.1, 0.15) is 0 Å². The van der Waals surface area contributed by atoms with E-state index in [9.17, 15) is 4.79 Å². The van der Waals surface area contributed by atoms with Crippen LogP contribution in [0.1, 0.15) is 36.0 Å². The lowest BCUT2D eigenvalue weighted by Crippen LogP contribution is -2.54. The summed E-state index contributed by atoms with van der Waals surface area (Å²) in [5.74, 6) is 0.0939. The second kappa shape index (κ2) is 6.80. The molecule has 5 heteroatoms. The third-order valence-corrected chi connectivity index (χ3v) is 5.89. The molecule has 0 saturated carbocycles. The van der Waals surface area contributed by atoms with Crippen LogP contribution >= 0.6 is 11.6 Å². The molecule has 0 N–H and O–H groups in total. The van der Waals surface area contributed by atoms with Gasteiger partial charge in [-0.05, 0) is 50.9 Å². The molecule has 1 aromatic rings. The molecule has 2 heterocycles. The molecule has 3 rings (SSSR count). The van der Waals surface area contributed by atoms with E-state index in [0.717, 1.165) is 32.5 Å². The topological polar surface area (TPSA) is 32.8 Å². The highest BCUT2D eigenvalue weighted by atomic mass is 35.5. The lowest BCUT2D eigenvalue weighted by Gasteiger charge is -2.45. The minimum absolute atomic E-state index is 0.0939. The summed E-state index contributed by atoms with van der Waals surface area (Å²) in [6, 6.07) is 7.74. The molecule has 0 aliphatic carbocycles. The molecule has 1 atom stereocenters. The van der Waals surface area contributed by atoms with Gasteiger partial charge in [-0.2, -0.15) is 0 Å². The Bertz CT molecular complexity index is 570. The van der Waals surface area contributed by atoms with Crippen molar-refractivity contribution < 1.29 is 9.53 Å². The van der Waals surface area contributed by atoms with Gasteiger partial charge in [-0.1, -0.05) is 17.7 Å². The van der Waals surface area contributed by atoms with E-state index in [2.05, 4.69) is 11.9 Å². The van der Waals surface area contributed by atoms with Crippen LogP contribution in [0.15, 0.2) is 24.3 Å². The number of likely N-dealkylation sites (N-methyl/N-ethyl adjacent to an activating group) is 1. The third-order valence-electron chi connectivity index (χ3n) is 5.65. The Morgan fingerprint density at radius 1 is 1.35 bits per heavy atom. The van der Waals surface area contributed by atoms with Crippen LogP contribution in [0.2, 0.25) is 5.02 Å². The number of carbonyl (C=O) groups is 1. The number of carbonyl (C=O) groups excluding carboxylic acids is 1. The monoisotopic (exact) mass is 336 g/mol. The standard InChI is InChI=1S/C18H25ClN2O2/c1-20-16(13-23-2)6-7-18(20)8-10-21(11-9-18)17(22)14-4-3-5-15(19)12-14/h3-5,12,16H,6-11,13H2,1-2H3/t16-/m1/s1. The smallest absolute Gasteiger partial charge is 0.253 e. The summed E-state index contributed by atoms with van der Waals surface area (Å²) in [6.07, 6.45) is 4.47. The normalized spacial score (nSPS) is 24.3. The molecule has 2 aliphatic rings. The zero-order chi connectivity index (χ0) is 16.4. The number of methoxy groups -OCH3 is 1. The Morgan fingerprint density at radius 2 is 2.09 bits per heavy atom. The van der Waals surface area contributed by atoms with Crippen molar-refractivity contribution in [1.29, 1.82) is 0 Å². The molecule has 1 aromatic carbocycles. The van der Waals surface area contributed by atoms with E-state index >= 15 is 0 Å². The summed E-state index contributed by atoms with van der Waals surface area (Å²) in [6.45, 7) is 2.42. The molecule has 126 valence electrons. The van der Waals surface area contributed by atoms with Gasteiger partial charge in [-0.3, -0.25) is 9.69 Å². The van der Waals surface area contributed by atoms with Gasteiger partial charge in [0.25, 0.3) is 5.91 Å². The molecule has 2 saturated heterocycles. The summed E-state index contributed by atoms with van der Waals surface area (Å²) in [5.41, 5.74) is 0.930. The minimum atomic E-state index is 0.0939. The number of piperidine rings is 1. The summed E-state index contributed by atoms with van der Waals surface area (Å²) in [5, 5.41) is 0.613. The van der Waals surface area contributed by atoms with Crippen LogP contribution in [0.25, 0.3) is 0 Å². The number of rotatable bonds is 3. The first-order chi connectivity index (χ1) is 11.1. The average Bonchev–Trinajstić information content (AvgIpc) is 2.85. The molecule has 0 radical (unpaired) electrons. The van der Waals surface area contributed by atoms with E-state index in [1.165, 1.54) is 12.8 Å². The second-order valence-corrected chi connectivity index (χ2v) is 7.22. The highest BCUT2D eigenvalue weighted by molar-refractivity contribution is 6.30. The summed E-state index contributed by atoms with van der Waals surface area (Å²) in [7, 11) is 3.98. The van der Waals surface area contributed by atoms with Crippen LogP contribution in [0, 0.1) is 0 Å². The van der Waals surface area contributed by atoms with Gasteiger partial charge in [-0.25, -0.2) is 0 Å². The first-order valence-electron chi connectivity index (χ1n) is 8.32. The molecular weight excluding hydrogens is 312 g/mol. The van der Waals surface area contributed by atoms with Crippen LogP contribution in [0.3, 0.4) is 0 Å². The van der Waals surface area contributed by atoms with Crippen molar-refractivity contribution in [3.05, 3.63) is 34.9 Å². The summed E-state index contributed by atoms with van der Waals surface area (Å²) in [4.78, 5) is 17.1. The number of halogens is 1. The predicted octanol–water partition coefficient (Wildman–Crippen LogP) is 3.06. The molecule has 1 amide bonds. The lowest BCUT2D eigenvalue weighted by atomic mass is 9.85. The summed E-state index contributed by atoms with van der Waals surface area (Å²) < 4.78 is 5.34. The number of hydrogen-bond acceptors (Lipinski definition) is 3. The third kappa shape index (κ3) is 3.25. The van der Waals surface area contributed by atoms with Crippen LogP contribution in [0.5, 0.6) is 0 Å². The number of hydrogen-bond donors (Lipinski definition) is 0. The predicted molar refractivity (Wildman–Crippen MR) is 92.0 cm³/mol. The maximum absolute atomic E-state index is 12.6. The van der Waals surface area contributed by atoms with Gasteiger partial charge in [0.05, 0.1) is 6.61 Å². The minimum Gasteiger partial charge on any atom is -0.383 e. The average molecular weight is 337 g/mol. The van der Waals surface area contributed by atoms with Gasteiger partial charge in [0.15, 0.2) is 0 Å². The van der Waals surface area contributed by atoms with E-state index in [-0.39, 0.29) is 11.4 Å². The largest absolute Gasteiger partial charge is 0.383 e. The number of nitrogens with zero attached hydrogens (tertiary/aromatic N) is 2. The van der Waals surface area contributed by atoms with Crippen molar-refractivity contribution >= 4 is 17.5 Å². The van der Waals surface area contributed by atoms with E-state index in [4.69, 9.17) is 16.3 Å². The van der Waals surface area contributed by atoms with Gasteiger partial charge in [0, 0.05) is 42.4 Å². The molecule has 1 spiro atoms. The molecule has 4 nitrogen and oxygen atoms in total. The van der Waals surface area contributed by atoms with Gasteiger partial charge < -0.3 is 9.64 Å². The Balaban J connectivity index is 1.63. The molecular formula is C18H25ClN2O2. The van der Waals surface area contributed by atoms with Gasteiger partial charge in [-0.15, -0.1) is 0 Å². The van der Waals surface area contributed by atoms with E-state index in [1.54, 1.807) is 19.2 Å². The Labute approximate surface area is 143 Å². The van der Waals surface area contributed by atoms with Crippen molar-refractivity contribution in [3.8, 4) is 0 Å². The van der Waals surface area contributed by atoms with Crippen LogP contribution in [0.4, 0.5) is 0 Å². The van der Waals surface area contributed by atoms with Crippen LogP contribution in [-0.4, -0.2) is 61.1 Å². The highest BCUT2D eigenvalue weighted by Gasteiger charge is 2.46. The molecule has 0 bridgehead atoms. The summed E-state index contributed by atoms with van der Waals surface area (Å²) >= 11 is 6.00. The molecule has 23 heavy (non-hydrogen) atoms. The zero-order valence-electron chi connectivity index (χ0n) is 13.9. The van der Waals surface area contributed by atoms with Crippen molar-refractivity contribution in [2.45, 2.75) is 37.3 Å². The van der Waals surface area contributed by atoms with Gasteiger partial charge in [0.2, 0.25) is 0 Å². The number of ether oxygens (including phenoxy) is 1. The fourth-order valence-electron chi connectivity index (χ4n) is 4.11. The maximum Gasteiger partial charge on any atom is 0.253 e. The Kier molecular flexibility index (Phi) is 4.95. The van der Waals surface area contributed by atoms with Crippen LogP contribution in [-0.2, 0) is 4.74 Å². The first kappa shape index (κ1) is 16.7. The van der Waals surface area contributed by atoms with Crippen molar-refractivity contribution in [2.24, 2.45) is 0 Å². The van der Waals surface area contributed by atoms with E-state index in [0.29, 0.717) is 16.6 Å². The Morgan fingerprint density at radius 3 is 2.74 bits per heavy atom. The molecule has 2 fully saturated rings. The van der Waals surface area contributed by atoms with Crippen molar-refractivity contribution in [2.75, 3.05) is 33.9 Å². The van der Waals surface area contributed by atoms with Crippen LogP contribution < -0.4 is 0 Å². The Hall–Kier alpha value is -1.10. The van der Waals surface area contributed by atoms with Gasteiger partial charge >= 0.3 is 0 Å². The quantitative estimate of drug-likeness (QED) is 0.850. The second-order valence-electron chi connectivity index (χ2n) is 6.79. The van der Waals surface area contributed by atoms with E-state index in [1.807, 2.05) is 17.0 Å². The first-order valence-corrected chi connectivity index (χ1v) is 8.70. The number of amides is 1. The maximum atomic E-state index is 12.6. The van der Waals surface area contributed by atoms with Crippen molar-refractivity contribution in [3.63, 3.8) is 0 Å². The zero-order valence-corrected chi connectivity index (χ0v) is 14.7. The highest BCUT2D eigenvalue weighted by Crippen LogP contribution is 2.40.